The Balaban J connectivity index is 2.00. The van der Waals surface area contributed by atoms with E-state index in [1.165, 1.54) is 31.2 Å². The zero-order valence-electron chi connectivity index (χ0n) is 16.3. The highest BCUT2D eigenvalue weighted by atomic mass is 127. The molecule has 13 heteroatoms. The summed E-state index contributed by atoms with van der Waals surface area (Å²) in [7, 11) is 0. The molecule has 0 spiro atoms. The van der Waals surface area contributed by atoms with E-state index in [1.807, 2.05) is 0 Å². The number of carboxylic acid groups (broad SMARTS) is 1. The molecule has 2 aromatic carbocycles. The van der Waals surface area contributed by atoms with Gasteiger partial charge in [0.25, 0.3) is 5.91 Å². The molecule has 0 atom stereocenters. The molecule has 1 heterocycles. The van der Waals surface area contributed by atoms with Crippen molar-refractivity contribution in [2.75, 3.05) is 5.32 Å². The Hall–Kier alpha value is -3.10. The molecule has 0 aliphatic rings. The van der Waals surface area contributed by atoms with Gasteiger partial charge in [-0.3, -0.25) is 4.79 Å². The van der Waals surface area contributed by atoms with Gasteiger partial charge in [-0.15, -0.1) is 0 Å². The first-order valence-corrected chi connectivity index (χ1v) is 9.96. The largest absolute Gasteiger partial charge is 0.478 e. The first-order chi connectivity index (χ1) is 15.2. The zero-order chi connectivity index (χ0) is 24.7. The summed E-state index contributed by atoms with van der Waals surface area (Å²) in [6.07, 6.45) is -10.2. The molecule has 0 radical (unpaired) electrons. The summed E-state index contributed by atoms with van der Waals surface area (Å²) in [6.45, 7) is 1.41. The van der Waals surface area contributed by atoms with Gasteiger partial charge in [0, 0.05) is 15.3 Å². The maximum Gasteiger partial charge on any atom is 0.435 e. The normalized spacial score (nSPS) is 12.0. The van der Waals surface area contributed by atoms with Crippen LogP contribution in [0, 0.1) is 10.5 Å². The molecule has 0 aliphatic carbocycles. The zero-order valence-corrected chi connectivity index (χ0v) is 18.5. The Bertz CT molecular complexity index is 1250. The molecule has 2 N–H and O–H groups in total. The van der Waals surface area contributed by atoms with Crippen LogP contribution < -0.4 is 5.32 Å². The molecule has 1 aromatic heterocycles. The van der Waals surface area contributed by atoms with Crippen molar-refractivity contribution < 1.29 is 41.0 Å². The number of hydrogen-bond donors (Lipinski definition) is 2. The molecule has 3 rings (SSSR count). The molecule has 1 amide bonds. The Morgan fingerprint density at radius 3 is 2.24 bits per heavy atom. The number of anilines is 1. The molecule has 0 bridgehead atoms. The van der Waals surface area contributed by atoms with Gasteiger partial charge in [-0.2, -0.15) is 31.4 Å². The van der Waals surface area contributed by atoms with Crippen LogP contribution >= 0.6 is 22.6 Å². The number of benzene rings is 2. The molecule has 0 aliphatic heterocycles. The van der Waals surface area contributed by atoms with E-state index in [0.29, 0.717) is 3.57 Å². The van der Waals surface area contributed by atoms with Crippen LogP contribution in [0.15, 0.2) is 42.5 Å². The highest BCUT2D eigenvalue weighted by Crippen LogP contribution is 2.37. The fourth-order valence-electron chi connectivity index (χ4n) is 2.96. The number of aromatic carboxylic acids is 1. The van der Waals surface area contributed by atoms with Crippen LogP contribution in [0.4, 0.5) is 32.0 Å². The molecule has 0 saturated carbocycles. The fourth-order valence-corrected chi connectivity index (χ4v) is 3.70. The van der Waals surface area contributed by atoms with Crippen molar-refractivity contribution in [2.45, 2.75) is 19.3 Å². The second kappa shape index (κ2) is 8.68. The lowest BCUT2D eigenvalue weighted by Crippen LogP contribution is -2.19. The average molecular weight is 583 g/mol. The number of aromatic nitrogens is 2. The number of carbonyl (C=O) groups is 2. The number of nitrogens with one attached hydrogen (secondary N) is 1. The van der Waals surface area contributed by atoms with Crippen molar-refractivity contribution >= 4 is 40.2 Å². The Labute approximate surface area is 195 Å². The summed E-state index contributed by atoms with van der Waals surface area (Å²) in [5, 5.41) is 14.8. The monoisotopic (exact) mass is 583 g/mol. The first-order valence-electron chi connectivity index (χ1n) is 8.88. The van der Waals surface area contributed by atoms with E-state index in [2.05, 4.69) is 10.4 Å². The van der Waals surface area contributed by atoms with Gasteiger partial charge in [0.15, 0.2) is 5.69 Å². The van der Waals surface area contributed by atoms with Crippen molar-refractivity contribution in [3.63, 3.8) is 0 Å². The predicted molar refractivity (Wildman–Crippen MR) is 112 cm³/mol. The molecule has 0 fully saturated rings. The minimum Gasteiger partial charge on any atom is -0.478 e. The Morgan fingerprint density at radius 1 is 1.03 bits per heavy atom. The summed E-state index contributed by atoms with van der Waals surface area (Å²) in [6, 6.07) is 7.49. The second-order valence-electron chi connectivity index (χ2n) is 6.74. The summed E-state index contributed by atoms with van der Waals surface area (Å²) >= 11 is 1.78. The van der Waals surface area contributed by atoms with E-state index in [4.69, 9.17) is 0 Å². The molecule has 6 nitrogen and oxygen atoms in total. The maximum atomic E-state index is 13.3. The fraction of sp³-hybridized carbons (Fsp3) is 0.150. The van der Waals surface area contributed by atoms with Gasteiger partial charge in [-0.05, 0) is 65.4 Å². The Kier molecular flexibility index (Phi) is 6.46. The lowest BCUT2D eigenvalue weighted by atomic mass is 10.1. The lowest BCUT2D eigenvalue weighted by Gasteiger charge is -2.14. The Morgan fingerprint density at radius 2 is 1.70 bits per heavy atom. The van der Waals surface area contributed by atoms with Crippen molar-refractivity contribution in [2.24, 2.45) is 0 Å². The van der Waals surface area contributed by atoms with E-state index in [-0.39, 0.29) is 38.8 Å². The standard InChI is InChI=1S/C20H12F6IN3O3/c1-9-7-10(30-15(20(24,25)26)8-14(29-30)19(21,22)23)5-6-13(9)28-17(31)16-11(18(32)33)3-2-4-12(16)27/h2-8H,1H3,(H,28,31)(H,32,33). The van der Waals surface area contributed by atoms with Crippen LogP contribution in [0.2, 0.25) is 0 Å². The second-order valence-corrected chi connectivity index (χ2v) is 7.91. The van der Waals surface area contributed by atoms with E-state index in [0.717, 1.165) is 12.1 Å². The van der Waals surface area contributed by atoms with E-state index in [9.17, 15) is 41.0 Å². The van der Waals surface area contributed by atoms with Crippen LogP contribution in [-0.4, -0.2) is 26.8 Å². The number of carboxylic acids is 1. The van der Waals surface area contributed by atoms with Crippen LogP contribution in [0.25, 0.3) is 5.69 Å². The van der Waals surface area contributed by atoms with Gasteiger partial charge >= 0.3 is 18.3 Å². The molecule has 174 valence electrons. The van der Waals surface area contributed by atoms with Crippen LogP contribution in [0.3, 0.4) is 0 Å². The predicted octanol–water partition coefficient (Wildman–Crippen LogP) is 5.77. The van der Waals surface area contributed by atoms with Crippen LogP contribution in [0.1, 0.15) is 37.7 Å². The highest BCUT2D eigenvalue weighted by Gasteiger charge is 2.42. The van der Waals surface area contributed by atoms with Gasteiger partial charge in [-0.25, -0.2) is 9.48 Å². The first kappa shape index (κ1) is 24.5. The third-order valence-electron chi connectivity index (χ3n) is 4.46. The number of alkyl halides is 6. The smallest absolute Gasteiger partial charge is 0.435 e. The maximum absolute atomic E-state index is 13.3. The number of hydrogen-bond acceptors (Lipinski definition) is 3. The molecule has 3 aromatic rings. The summed E-state index contributed by atoms with van der Waals surface area (Å²) < 4.78 is 79.1. The summed E-state index contributed by atoms with van der Waals surface area (Å²) in [5.41, 5.74) is -3.66. The van der Waals surface area contributed by atoms with Gasteiger partial charge < -0.3 is 10.4 Å². The highest BCUT2D eigenvalue weighted by molar-refractivity contribution is 14.1. The van der Waals surface area contributed by atoms with E-state index in [1.54, 1.807) is 22.6 Å². The molecular weight excluding hydrogens is 571 g/mol. The topological polar surface area (TPSA) is 84.2 Å². The molecule has 33 heavy (non-hydrogen) atoms. The van der Waals surface area contributed by atoms with Crippen molar-refractivity contribution in [3.8, 4) is 5.69 Å². The SMILES string of the molecule is Cc1cc(-n2nc(C(F)(F)F)cc2C(F)(F)F)ccc1NC(=O)c1c(I)cccc1C(=O)O. The summed E-state index contributed by atoms with van der Waals surface area (Å²) in [5.74, 6) is -2.10. The number of rotatable bonds is 4. The third kappa shape index (κ3) is 5.12. The lowest BCUT2D eigenvalue weighted by molar-refractivity contribution is -0.143. The van der Waals surface area contributed by atoms with Crippen LogP contribution in [-0.2, 0) is 12.4 Å². The summed E-state index contributed by atoms with van der Waals surface area (Å²) in [4.78, 5) is 24.1. The van der Waals surface area contributed by atoms with E-state index < -0.39 is 35.6 Å². The third-order valence-corrected chi connectivity index (χ3v) is 5.36. The molecule has 0 saturated heterocycles. The van der Waals surface area contributed by atoms with Crippen molar-refractivity contribution in [1.82, 2.24) is 9.78 Å². The number of nitrogens with zero attached hydrogens (tertiary/aromatic N) is 2. The minimum absolute atomic E-state index is 0.0875. The average Bonchev–Trinajstić information content (AvgIpc) is 3.15. The van der Waals surface area contributed by atoms with E-state index >= 15 is 0 Å². The molecular formula is C20H12F6IN3O3. The van der Waals surface area contributed by atoms with Gasteiger partial charge in [0.2, 0.25) is 0 Å². The van der Waals surface area contributed by atoms with Gasteiger partial charge in [-0.1, -0.05) is 6.07 Å². The number of aryl methyl sites for hydroxylation is 1. The van der Waals surface area contributed by atoms with Gasteiger partial charge in [0.05, 0.1) is 16.8 Å². The minimum atomic E-state index is -5.10. The van der Waals surface area contributed by atoms with Crippen LogP contribution in [0.5, 0.6) is 0 Å². The van der Waals surface area contributed by atoms with Crippen molar-refractivity contribution in [3.05, 3.63) is 74.1 Å². The number of halogens is 7. The molecule has 0 unspecified atom stereocenters. The van der Waals surface area contributed by atoms with Crippen molar-refractivity contribution in [1.29, 1.82) is 0 Å². The van der Waals surface area contributed by atoms with Gasteiger partial charge in [0.1, 0.15) is 5.69 Å². The number of amides is 1. The number of carbonyl (C=O) groups excluding carboxylic acids is 1. The quantitative estimate of drug-likeness (QED) is 0.302.